The maximum atomic E-state index is 6.26. The number of rotatable bonds is 5. The first-order chi connectivity index (χ1) is 7.53. The van der Waals surface area contributed by atoms with Crippen molar-refractivity contribution in [3.63, 3.8) is 0 Å². The van der Waals surface area contributed by atoms with E-state index in [1.54, 1.807) is 0 Å². The van der Waals surface area contributed by atoms with Gasteiger partial charge in [0.15, 0.2) is 0 Å². The van der Waals surface area contributed by atoms with Crippen molar-refractivity contribution in [3.05, 3.63) is 0 Å². The standard InChI is InChI=1S/C14H27BrO/c1-5-12(4)16-14(10-15)8-6-13(7-9-14)11(2)3/h11-13H,5-10H2,1-4H3. The van der Waals surface area contributed by atoms with Gasteiger partial charge in [0.1, 0.15) is 0 Å². The molecule has 0 amide bonds. The van der Waals surface area contributed by atoms with Crippen LogP contribution in [-0.4, -0.2) is 17.0 Å². The summed E-state index contributed by atoms with van der Waals surface area (Å²) in [5.74, 6) is 1.74. The summed E-state index contributed by atoms with van der Waals surface area (Å²) in [6.07, 6.45) is 6.63. The van der Waals surface area contributed by atoms with Crippen LogP contribution in [0.5, 0.6) is 0 Å². The molecule has 96 valence electrons. The predicted octanol–water partition coefficient (Wildman–Crippen LogP) is 4.78. The zero-order chi connectivity index (χ0) is 12.2. The Labute approximate surface area is 109 Å². The van der Waals surface area contributed by atoms with Crippen molar-refractivity contribution in [3.8, 4) is 0 Å². The molecule has 0 spiro atoms. The minimum Gasteiger partial charge on any atom is -0.371 e. The van der Waals surface area contributed by atoms with Crippen LogP contribution in [0.1, 0.15) is 59.8 Å². The molecular formula is C14H27BrO. The highest BCUT2D eigenvalue weighted by Gasteiger charge is 2.37. The van der Waals surface area contributed by atoms with Crippen molar-refractivity contribution < 1.29 is 4.74 Å². The first kappa shape index (κ1) is 14.5. The van der Waals surface area contributed by atoms with E-state index in [1.807, 2.05) is 0 Å². The molecule has 0 radical (unpaired) electrons. The van der Waals surface area contributed by atoms with E-state index in [-0.39, 0.29) is 5.60 Å². The summed E-state index contributed by atoms with van der Waals surface area (Å²) in [5.41, 5.74) is 0.126. The largest absolute Gasteiger partial charge is 0.371 e. The third kappa shape index (κ3) is 3.73. The van der Waals surface area contributed by atoms with Gasteiger partial charge in [-0.05, 0) is 50.9 Å². The highest BCUT2D eigenvalue weighted by molar-refractivity contribution is 9.09. The highest BCUT2D eigenvalue weighted by atomic mass is 79.9. The average molecular weight is 291 g/mol. The van der Waals surface area contributed by atoms with Gasteiger partial charge in [0.05, 0.1) is 11.7 Å². The van der Waals surface area contributed by atoms with E-state index in [9.17, 15) is 0 Å². The third-order valence-electron chi connectivity index (χ3n) is 4.15. The lowest BCUT2D eigenvalue weighted by molar-refractivity contribution is -0.101. The average Bonchev–Trinajstić information content (AvgIpc) is 2.29. The van der Waals surface area contributed by atoms with Gasteiger partial charge >= 0.3 is 0 Å². The molecule has 2 heteroatoms. The van der Waals surface area contributed by atoms with E-state index >= 15 is 0 Å². The predicted molar refractivity (Wildman–Crippen MR) is 74.2 cm³/mol. The maximum Gasteiger partial charge on any atom is 0.0782 e. The van der Waals surface area contributed by atoms with E-state index in [0.717, 1.165) is 23.6 Å². The SMILES string of the molecule is CCC(C)OC1(CBr)CCC(C(C)C)CC1. The molecule has 0 bridgehead atoms. The van der Waals surface area contributed by atoms with Gasteiger partial charge in [0.25, 0.3) is 0 Å². The Morgan fingerprint density at radius 1 is 1.25 bits per heavy atom. The number of ether oxygens (including phenoxy) is 1. The van der Waals surface area contributed by atoms with Crippen LogP contribution in [0.2, 0.25) is 0 Å². The second-order valence-electron chi connectivity index (χ2n) is 5.73. The molecule has 0 aromatic rings. The molecule has 1 aliphatic rings. The van der Waals surface area contributed by atoms with Crippen LogP contribution in [0.15, 0.2) is 0 Å². The monoisotopic (exact) mass is 290 g/mol. The number of hydrogen-bond donors (Lipinski definition) is 0. The van der Waals surface area contributed by atoms with Crippen LogP contribution >= 0.6 is 15.9 Å². The number of hydrogen-bond acceptors (Lipinski definition) is 1. The van der Waals surface area contributed by atoms with Crippen LogP contribution in [0, 0.1) is 11.8 Å². The lowest BCUT2D eigenvalue weighted by Crippen LogP contribution is -2.42. The summed E-state index contributed by atoms with van der Waals surface area (Å²) in [6, 6.07) is 0. The number of halogens is 1. The Bertz CT molecular complexity index is 195. The molecule has 1 rings (SSSR count). The molecule has 1 fully saturated rings. The molecule has 1 nitrogen and oxygen atoms in total. The van der Waals surface area contributed by atoms with Gasteiger partial charge in [-0.1, -0.05) is 36.7 Å². The van der Waals surface area contributed by atoms with Crippen molar-refractivity contribution in [2.75, 3.05) is 5.33 Å². The summed E-state index contributed by atoms with van der Waals surface area (Å²) in [7, 11) is 0. The van der Waals surface area contributed by atoms with E-state index in [1.165, 1.54) is 25.7 Å². The molecule has 1 saturated carbocycles. The Hall–Kier alpha value is 0.440. The second-order valence-corrected chi connectivity index (χ2v) is 6.30. The highest BCUT2D eigenvalue weighted by Crippen LogP contribution is 2.39. The van der Waals surface area contributed by atoms with E-state index in [2.05, 4.69) is 43.6 Å². The summed E-state index contributed by atoms with van der Waals surface area (Å²) >= 11 is 3.66. The van der Waals surface area contributed by atoms with Crippen LogP contribution in [0.4, 0.5) is 0 Å². The molecule has 0 aliphatic heterocycles. The van der Waals surface area contributed by atoms with Crippen molar-refractivity contribution in [1.82, 2.24) is 0 Å². The maximum absolute atomic E-state index is 6.26. The molecule has 0 saturated heterocycles. The fourth-order valence-electron chi connectivity index (χ4n) is 2.63. The Morgan fingerprint density at radius 3 is 2.19 bits per heavy atom. The van der Waals surface area contributed by atoms with Crippen LogP contribution in [0.3, 0.4) is 0 Å². The molecule has 0 heterocycles. The van der Waals surface area contributed by atoms with Crippen molar-refractivity contribution in [2.45, 2.75) is 71.5 Å². The molecule has 1 unspecified atom stereocenters. The second kappa shape index (κ2) is 6.39. The third-order valence-corrected chi connectivity index (χ3v) is 5.18. The molecule has 0 aromatic heterocycles. The fourth-order valence-corrected chi connectivity index (χ4v) is 3.32. The van der Waals surface area contributed by atoms with Crippen molar-refractivity contribution in [1.29, 1.82) is 0 Å². The molecule has 1 aliphatic carbocycles. The zero-order valence-corrected chi connectivity index (χ0v) is 12.8. The lowest BCUT2D eigenvalue weighted by atomic mass is 9.75. The summed E-state index contributed by atoms with van der Waals surface area (Å²) in [4.78, 5) is 0. The van der Waals surface area contributed by atoms with E-state index in [0.29, 0.717) is 6.10 Å². The molecular weight excluding hydrogens is 264 g/mol. The Kier molecular flexibility index (Phi) is 5.79. The Morgan fingerprint density at radius 2 is 1.81 bits per heavy atom. The normalized spacial score (nSPS) is 33.0. The van der Waals surface area contributed by atoms with Gasteiger partial charge in [-0.25, -0.2) is 0 Å². The van der Waals surface area contributed by atoms with Gasteiger partial charge < -0.3 is 4.74 Å². The topological polar surface area (TPSA) is 9.23 Å². The van der Waals surface area contributed by atoms with Gasteiger partial charge in [-0.2, -0.15) is 0 Å². The van der Waals surface area contributed by atoms with Crippen LogP contribution < -0.4 is 0 Å². The van der Waals surface area contributed by atoms with Crippen LogP contribution in [0.25, 0.3) is 0 Å². The summed E-state index contributed by atoms with van der Waals surface area (Å²) in [6.45, 7) is 9.09. The Balaban J connectivity index is 2.51. The van der Waals surface area contributed by atoms with Crippen molar-refractivity contribution in [2.24, 2.45) is 11.8 Å². The van der Waals surface area contributed by atoms with Gasteiger partial charge in [-0.15, -0.1) is 0 Å². The van der Waals surface area contributed by atoms with Crippen molar-refractivity contribution >= 4 is 15.9 Å². The smallest absolute Gasteiger partial charge is 0.0782 e. The lowest BCUT2D eigenvalue weighted by Gasteiger charge is -2.41. The molecule has 0 aromatic carbocycles. The van der Waals surface area contributed by atoms with Gasteiger partial charge in [-0.3, -0.25) is 0 Å². The number of alkyl halides is 1. The van der Waals surface area contributed by atoms with Gasteiger partial charge in [0, 0.05) is 5.33 Å². The zero-order valence-electron chi connectivity index (χ0n) is 11.3. The molecule has 0 N–H and O–H groups in total. The molecule has 16 heavy (non-hydrogen) atoms. The quantitative estimate of drug-likeness (QED) is 0.662. The van der Waals surface area contributed by atoms with E-state index in [4.69, 9.17) is 4.74 Å². The van der Waals surface area contributed by atoms with Gasteiger partial charge in [0.2, 0.25) is 0 Å². The molecule has 1 atom stereocenters. The first-order valence-corrected chi connectivity index (χ1v) is 7.89. The first-order valence-electron chi connectivity index (χ1n) is 6.76. The fraction of sp³-hybridized carbons (Fsp3) is 1.00. The minimum absolute atomic E-state index is 0.126. The summed E-state index contributed by atoms with van der Waals surface area (Å²) < 4.78 is 6.26. The van der Waals surface area contributed by atoms with E-state index < -0.39 is 0 Å². The summed E-state index contributed by atoms with van der Waals surface area (Å²) in [5, 5.41) is 0.995. The minimum atomic E-state index is 0.126. The van der Waals surface area contributed by atoms with Crippen LogP contribution in [-0.2, 0) is 4.74 Å².